The van der Waals surface area contributed by atoms with E-state index < -0.39 is 0 Å². The molecule has 2 fully saturated rings. The summed E-state index contributed by atoms with van der Waals surface area (Å²) in [5.74, 6) is 0.904. The molecular formula is C25H31N3O3. The molecule has 0 aromatic heterocycles. The van der Waals surface area contributed by atoms with Gasteiger partial charge in [-0.15, -0.1) is 0 Å². The predicted octanol–water partition coefficient (Wildman–Crippen LogP) is 3.78. The van der Waals surface area contributed by atoms with E-state index in [4.69, 9.17) is 4.74 Å². The molecule has 0 bridgehead atoms. The average Bonchev–Trinajstić information content (AvgIpc) is 3.26. The van der Waals surface area contributed by atoms with Gasteiger partial charge in [-0.05, 0) is 62.7 Å². The van der Waals surface area contributed by atoms with Crippen molar-refractivity contribution in [3.05, 3.63) is 59.7 Å². The number of carbonyl (C=O) groups excluding carboxylic acids is 2. The standard InChI is InChI=1S/C25H31N3O3/c1-31-23-9-4-3-8-21(23)22(27-15-5-2-6-16-27)18-26-25(30)19-11-13-20(14-12-19)28-17-7-10-24(28)29/h3-4,8-9,11-14,22H,2,5-7,10,15-18H2,1H3,(H,26,30). The Morgan fingerprint density at radius 1 is 1.00 bits per heavy atom. The van der Waals surface area contributed by atoms with Crippen LogP contribution in [0.3, 0.4) is 0 Å². The fourth-order valence-electron chi connectivity index (χ4n) is 4.61. The van der Waals surface area contributed by atoms with Crippen LogP contribution in [0.2, 0.25) is 0 Å². The summed E-state index contributed by atoms with van der Waals surface area (Å²) in [5.41, 5.74) is 2.57. The van der Waals surface area contributed by atoms with Gasteiger partial charge in [0.15, 0.2) is 0 Å². The molecule has 0 aliphatic carbocycles. The molecule has 164 valence electrons. The fourth-order valence-corrected chi connectivity index (χ4v) is 4.61. The number of benzene rings is 2. The highest BCUT2D eigenvalue weighted by Gasteiger charge is 2.26. The molecule has 0 radical (unpaired) electrons. The van der Waals surface area contributed by atoms with Gasteiger partial charge in [0.05, 0.1) is 13.2 Å². The first-order valence-electron chi connectivity index (χ1n) is 11.2. The van der Waals surface area contributed by atoms with Gasteiger partial charge in [0.1, 0.15) is 5.75 Å². The Morgan fingerprint density at radius 2 is 1.74 bits per heavy atom. The molecule has 4 rings (SSSR count). The van der Waals surface area contributed by atoms with Crippen molar-refractivity contribution < 1.29 is 14.3 Å². The second kappa shape index (κ2) is 9.96. The maximum absolute atomic E-state index is 12.9. The number of amides is 2. The van der Waals surface area contributed by atoms with Crippen LogP contribution < -0.4 is 15.0 Å². The number of methoxy groups -OCH3 is 1. The van der Waals surface area contributed by atoms with Crippen LogP contribution in [0.1, 0.15) is 54.1 Å². The van der Waals surface area contributed by atoms with Gasteiger partial charge in [-0.3, -0.25) is 14.5 Å². The number of para-hydroxylation sites is 1. The summed E-state index contributed by atoms with van der Waals surface area (Å²) in [6.45, 7) is 3.32. The maximum atomic E-state index is 12.9. The topological polar surface area (TPSA) is 61.9 Å². The van der Waals surface area contributed by atoms with Crippen molar-refractivity contribution in [1.82, 2.24) is 10.2 Å². The number of nitrogens with zero attached hydrogens (tertiary/aromatic N) is 2. The molecule has 2 aliphatic rings. The van der Waals surface area contributed by atoms with Gasteiger partial charge in [0, 0.05) is 36.3 Å². The van der Waals surface area contributed by atoms with E-state index in [1.54, 1.807) is 24.1 Å². The second-order valence-corrected chi connectivity index (χ2v) is 8.26. The van der Waals surface area contributed by atoms with Gasteiger partial charge in [-0.25, -0.2) is 0 Å². The molecule has 2 saturated heterocycles. The molecule has 1 atom stereocenters. The Labute approximate surface area is 184 Å². The minimum Gasteiger partial charge on any atom is -0.496 e. The first-order chi connectivity index (χ1) is 15.2. The summed E-state index contributed by atoms with van der Waals surface area (Å²) < 4.78 is 5.61. The van der Waals surface area contributed by atoms with E-state index in [0.717, 1.165) is 43.1 Å². The summed E-state index contributed by atoms with van der Waals surface area (Å²) in [6.07, 6.45) is 5.10. The maximum Gasteiger partial charge on any atom is 0.251 e. The first kappa shape index (κ1) is 21.4. The van der Waals surface area contributed by atoms with E-state index >= 15 is 0 Å². The van der Waals surface area contributed by atoms with Crippen LogP contribution in [-0.4, -0.2) is 50.0 Å². The zero-order chi connectivity index (χ0) is 21.6. The highest BCUT2D eigenvalue weighted by molar-refractivity contribution is 5.97. The number of piperidine rings is 1. The highest BCUT2D eigenvalue weighted by atomic mass is 16.5. The molecule has 2 heterocycles. The first-order valence-corrected chi connectivity index (χ1v) is 11.2. The van der Waals surface area contributed by atoms with Crippen molar-refractivity contribution in [2.75, 3.05) is 38.2 Å². The molecule has 2 aromatic rings. The van der Waals surface area contributed by atoms with Crippen LogP contribution in [0.15, 0.2) is 48.5 Å². The number of hydrogen-bond donors (Lipinski definition) is 1. The van der Waals surface area contributed by atoms with Crippen LogP contribution in [0, 0.1) is 0 Å². The van der Waals surface area contributed by atoms with Gasteiger partial charge >= 0.3 is 0 Å². The van der Waals surface area contributed by atoms with Crippen molar-refractivity contribution in [3.63, 3.8) is 0 Å². The van der Waals surface area contributed by atoms with Gasteiger partial charge < -0.3 is 15.0 Å². The molecule has 6 heteroatoms. The lowest BCUT2D eigenvalue weighted by molar-refractivity contribution is -0.117. The van der Waals surface area contributed by atoms with Crippen molar-refractivity contribution in [2.24, 2.45) is 0 Å². The molecule has 1 N–H and O–H groups in total. The van der Waals surface area contributed by atoms with Gasteiger partial charge in [-0.1, -0.05) is 24.6 Å². The van der Waals surface area contributed by atoms with Gasteiger partial charge in [0.2, 0.25) is 5.91 Å². The van der Waals surface area contributed by atoms with Crippen LogP contribution in [0.4, 0.5) is 5.69 Å². The van der Waals surface area contributed by atoms with E-state index in [1.807, 2.05) is 30.3 Å². The zero-order valence-electron chi connectivity index (χ0n) is 18.2. The molecule has 2 aromatic carbocycles. The predicted molar refractivity (Wildman–Crippen MR) is 122 cm³/mol. The number of nitrogens with one attached hydrogen (secondary N) is 1. The van der Waals surface area contributed by atoms with E-state index in [0.29, 0.717) is 18.5 Å². The van der Waals surface area contributed by atoms with Crippen LogP contribution in [0.5, 0.6) is 5.75 Å². The number of ether oxygens (including phenoxy) is 1. The lowest BCUT2D eigenvalue weighted by Gasteiger charge is -2.35. The monoisotopic (exact) mass is 421 g/mol. The Hall–Kier alpha value is -2.86. The Bertz CT molecular complexity index is 906. The van der Waals surface area contributed by atoms with E-state index in [-0.39, 0.29) is 17.9 Å². The van der Waals surface area contributed by atoms with Crippen molar-refractivity contribution in [3.8, 4) is 5.75 Å². The quantitative estimate of drug-likeness (QED) is 0.739. The average molecular weight is 422 g/mol. The van der Waals surface area contributed by atoms with Crippen molar-refractivity contribution in [1.29, 1.82) is 0 Å². The Kier molecular flexibility index (Phi) is 6.87. The summed E-state index contributed by atoms with van der Waals surface area (Å²) in [6, 6.07) is 15.5. The summed E-state index contributed by atoms with van der Waals surface area (Å²) in [5, 5.41) is 3.13. The van der Waals surface area contributed by atoms with Crippen LogP contribution in [-0.2, 0) is 4.79 Å². The normalized spacial score (nSPS) is 18.1. The smallest absolute Gasteiger partial charge is 0.251 e. The van der Waals surface area contributed by atoms with E-state index in [2.05, 4.69) is 16.3 Å². The molecule has 0 saturated carbocycles. The lowest BCUT2D eigenvalue weighted by atomic mass is 10.0. The van der Waals surface area contributed by atoms with Gasteiger partial charge in [0.25, 0.3) is 5.91 Å². The largest absolute Gasteiger partial charge is 0.496 e. The molecule has 31 heavy (non-hydrogen) atoms. The minimum atomic E-state index is -0.101. The number of carbonyl (C=O) groups is 2. The molecule has 2 amide bonds. The SMILES string of the molecule is COc1ccccc1C(CNC(=O)c1ccc(N2CCCC2=O)cc1)N1CCCCC1. The zero-order valence-corrected chi connectivity index (χ0v) is 18.2. The third kappa shape index (κ3) is 4.90. The minimum absolute atomic E-state index is 0.0712. The summed E-state index contributed by atoms with van der Waals surface area (Å²) in [4.78, 5) is 29.0. The summed E-state index contributed by atoms with van der Waals surface area (Å²) in [7, 11) is 1.69. The lowest BCUT2D eigenvalue weighted by Crippen LogP contribution is -2.40. The van der Waals surface area contributed by atoms with E-state index in [9.17, 15) is 9.59 Å². The second-order valence-electron chi connectivity index (χ2n) is 8.26. The molecule has 2 aliphatic heterocycles. The third-order valence-electron chi connectivity index (χ3n) is 6.30. The molecular weight excluding hydrogens is 390 g/mol. The highest BCUT2D eigenvalue weighted by Crippen LogP contribution is 2.31. The number of hydrogen-bond acceptors (Lipinski definition) is 4. The Balaban J connectivity index is 1.46. The number of likely N-dealkylation sites (tertiary alicyclic amines) is 1. The third-order valence-corrected chi connectivity index (χ3v) is 6.30. The molecule has 0 spiro atoms. The van der Waals surface area contributed by atoms with E-state index in [1.165, 1.54) is 19.3 Å². The van der Waals surface area contributed by atoms with Crippen molar-refractivity contribution in [2.45, 2.75) is 38.1 Å². The number of anilines is 1. The Morgan fingerprint density at radius 3 is 2.42 bits per heavy atom. The van der Waals surface area contributed by atoms with Gasteiger partial charge in [-0.2, -0.15) is 0 Å². The number of rotatable bonds is 7. The van der Waals surface area contributed by atoms with Crippen LogP contribution in [0.25, 0.3) is 0 Å². The fraction of sp³-hybridized carbons (Fsp3) is 0.440. The molecule has 6 nitrogen and oxygen atoms in total. The van der Waals surface area contributed by atoms with Crippen LogP contribution >= 0.6 is 0 Å². The summed E-state index contributed by atoms with van der Waals surface area (Å²) >= 11 is 0. The molecule has 1 unspecified atom stereocenters. The van der Waals surface area contributed by atoms with Crippen molar-refractivity contribution >= 4 is 17.5 Å².